The van der Waals surface area contributed by atoms with Crippen LogP contribution in [0.25, 0.3) is 0 Å². The van der Waals surface area contributed by atoms with Crippen LogP contribution in [0.3, 0.4) is 0 Å². The quantitative estimate of drug-likeness (QED) is 0.634. The number of rotatable bonds is 4. The molecular weight excluding hydrogens is 232 g/mol. The second-order valence-corrected chi connectivity index (χ2v) is 5.21. The van der Waals surface area contributed by atoms with E-state index in [4.69, 9.17) is 22.2 Å². The van der Waals surface area contributed by atoms with Crippen molar-refractivity contribution >= 4 is 22.9 Å². The van der Waals surface area contributed by atoms with Crippen molar-refractivity contribution in [2.45, 2.75) is 30.9 Å². The molecule has 1 unspecified atom stereocenters. The summed E-state index contributed by atoms with van der Waals surface area (Å²) in [7, 11) is 1.74. The highest BCUT2D eigenvalue weighted by molar-refractivity contribution is 7.10. The predicted octanol–water partition coefficient (Wildman–Crippen LogP) is 2.48. The van der Waals surface area contributed by atoms with E-state index in [0.29, 0.717) is 0 Å². The van der Waals surface area contributed by atoms with Gasteiger partial charge in [-0.1, -0.05) is 11.6 Å². The van der Waals surface area contributed by atoms with Crippen molar-refractivity contribution in [3.8, 4) is 0 Å². The molecule has 1 aromatic heterocycles. The summed E-state index contributed by atoms with van der Waals surface area (Å²) < 4.78 is 5.61. The van der Waals surface area contributed by atoms with Gasteiger partial charge in [0.05, 0.1) is 16.7 Å². The van der Waals surface area contributed by atoms with Gasteiger partial charge < -0.3 is 4.74 Å². The third-order valence-electron chi connectivity index (χ3n) is 3.21. The van der Waals surface area contributed by atoms with Crippen LogP contribution in [0, 0.1) is 0 Å². The lowest BCUT2D eigenvalue weighted by atomic mass is 9.74. The highest BCUT2D eigenvalue weighted by atomic mass is 35.5. The van der Waals surface area contributed by atoms with Gasteiger partial charge in [0.25, 0.3) is 0 Å². The van der Waals surface area contributed by atoms with E-state index in [1.165, 1.54) is 6.42 Å². The van der Waals surface area contributed by atoms with E-state index in [2.05, 4.69) is 5.43 Å². The number of halogens is 1. The van der Waals surface area contributed by atoms with E-state index >= 15 is 0 Å². The minimum absolute atomic E-state index is 0.00347. The van der Waals surface area contributed by atoms with Gasteiger partial charge in [0.15, 0.2) is 0 Å². The highest BCUT2D eigenvalue weighted by Crippen LogP contribution is 2.47. The molecule has 0 aliphatic heterocycles. The fraction of sp³-hybridized carbons (Fsp3) is 0.600. The minimum atomic E-state index is -0.163. The molecule has 0 bridgehead atoms. The molecule has 5 heteroatoms. The number of hydrogen-bond acceptors (Lipinski definition) is 4. The first-order chi connectivity index (χ1) is 7.23. The molecule has 0 saturated heterocycles. The molecule has 15 heavy (non-hydrogen) atoms. The maximum atomic E-state index is 6.12. The fourth-order valence-corrected chi connectivity index (χ4v) is 3.44. The number of nitrogens with two attached hydrogens (primary N) is 1. The van der Waals surface area contributed by atoms with Crippen LogP contribution in [0.5, 0.6) is 0 Å². The summed E-state index contributed by atoms with van der Waals surface area (Å²) in [5.74, 6) is 5.62. The Morgan fingerprint density at radius 2 is 2.40 bits per heavy atom. The molecule has 0 amide bonds. The van der Waals surface area contributed by atoms with E-state index in [1.807, 2.05) is 11.4 Å². The number of thiophene rings is 1. The Bertz CT molecular complexity index is 332. The Morgan fingerprint density at radius 1 is 1.67 bits per heavy atom. The molecule has 1 aliphatic carbocycles. The van der Waals surface area contributed by atoms with Crippen molar-refractivity contribution in [1.29, 1.82) is 0 Å². The van der Waals surface area contributed by atoms with Crippen LogP contribution in [0.15, 0.2) is 11.4 Å². The van der Waals surface area contributed by atoms with Crippen molar-refractivity contribution < 1.29 is 4.74 Å². The van der Waals surface area contributed by atoms with E-state index in [9.17, 15) is 0 Å². The number of hydrogen-bond donors (Lipinski definition) is 2. The van der Waals surface area contributed by atoms with Crippen LogP contribution in [0.4, 0.5) is 0 Å². The predicted molar refractivity (Wildman–Crippen MR) is 63.0 cm³/mol. The lowest BCUT2D eigenvalue weighted by Crippen LogP contribution is -2.52. The van der Waals surface area contributed by atoms with Gasteiger partial charge in [-0.2, -0.15) is 0 Å². The van der Waals surface area contributed by atoms with Gasteiger partial charge in [-0.25, -0.2) is 5.43 Å². The third kappa shape index (κ3) is 1.81. The minimum Gasteiger partial charge on any atom is -0.376 e. The second kappa shape index (κ2) is 4.39. The zero-order valence-corrected chi connectivity index (χ0v) is 10.2. The lowest BCUT2D eigenvalue weighted by Gasteiger charge is -2.45. The third-order valence-corrected chi connectivity index (χ3v) is 4.63. The number of methoxy groups -OCH3 is 1. The Labute approximate surface area is 98.5 Å². The second-order valence-electron chi connectivity index (χ2n) is 3.85. The van der Waals surface area contributed by atoms with Crippen LogP contribution in [0.1, 0.15) is 30.2 Å². The molecular formula is C10H15ClN2OS. The molecule has 84 valence electrons. The van der Waals surface area contributed by atoms with Crippen LogP contribution < -0.4 is 11.3 Å². The zero-order chi connectivity index (χ0) is 10.9. The molecule has 0 spiro atoms. The van der Waals surface area contributed by atoms with E-state index < -0.39 is 0 Å². The van der Waals surface area contributed by atoms with Crippen molar-refractivity contribution in [1.82, 2.24) is 5.43 Å². The van der Waals surface area contributed by atoms with E-state index in [0.717, 1.165) is 22.7 Å². The van der Waals surface area contributed by atoms with E-state index in [-0.39, 0.29) is 11.6 Å². The first kappa shape index (κ1) is 11.4. The summed E-state index contributed by atoms with van der Waals surface area (Å²) in [4.78, 5) is 1.07. The summed E-state index contributed by atoms with van der Waals surface area (Å²) in [6, 6.07) is 1.90. The molecule has 1 saturated carbocycles. The Kier molecular flexibility index (Phi) is 3.33. The van der Waals surface area contributed by atoms with Gasteiger partial charge >= 0.3 is 0 Å². The molecule has 1 aliphatic rings. The van der Waals surface area contributed by atoms with Gasteiger partial charge in [-0.05, 0) is 30.7 Å². The van der Waals surface area contributed by atoms with Gasteiger partial charge in [0.2, 0.25) is 0 Å². The van der Waals surface area contributed by atoms with Crippen LogP contribution in [0.2, 0.25) is 5.02 Å². The average molecular weight is 247 g/mol. The first-order valence-electron chi connectivity index (χ1n) is 4.97. The fourth-order valence-electron chi connectivity index (χ4n) is 2.11. The van der Waals surface area contributed by atoms with Crippen LogP contribution >= 0.6 is 22.9 Å². The van der Waals surface area contributed by atoms with Crippen molar-refractivity contribution in [2.24, 2.45) is 5.84 Å². The average Bonchev–Trinajstić information content (AvgIpc) is 2.58. The molecule has 3 nitrogen and oxygen atoms in total. The van der Waals surface area contributed by atoms with Crippen LogP contribution in [-0.4, -0.2) is 12.7 Å². The summed E-state index contributed by atoms with van der Waals surface area (Å²) in [5.41, 5.74) is 2.68. The summed E-state index contributed by atoms with van der Waals surface area (Å²) >= 11 is 7.74. The van der Waals surface area contributed by atoms with Crippen LogP contribution in [-0.2, 0) is 4.74 Å². The molecule has 1 atom stereocenters. The smallest absolute Gasteiger partial charge is 0.0894 e. The van der Waals surface area contributed by atoms with Crippen molar-refractivity contribution in [2.75, 3.05) is 7.11 Å². The first-order valence-corrected chi connectivity index (χ1v) is 6.23. The standard InChI is InChI=1S/C10H15ClN2OS/c1-14-10(4-2-5-10)9(13-12)8-7(11)3-6-15-8/h3,6,9,13H,2,4-5,12H2,1H3. The number of nitrogens with one attached hydrogen (secondary N) is 1. The van der Waals surface area contributed by atoms with Gasteiger partial charge in [0.1, 0.15) is 0 Å². The highest BCUT2D eigenvalue weighted by Gasteiger charge is 2.46. The SMILES string of the molecule is COC1(C(NN)c2sccc2Cl)CCC1. The largest absolute Gasteiger partial charge is 0.376 e. The van der Waals surface area contributed by atoms with Gasteiger partial charge in [-0.15, -0.1) is 11.3 Å². The molecule has 1 fully saturated rings. The van der Waals surface area contributed by atoms with Gasteiger partial charge in [0, 0.05) is 12.0 Å². The molecule has 3 N–H and O–H groups in total. The summed E-state index contributed by atoms with van der Waals surface area (Å²) in [6.45, 7) is 0. The molecule has 0 aromatic carbocycles. The normalized spacial score (nSPS) is 21.0. The number of ether oxygens (including phenoxy) is 1. The number of hydrazine groups is 1. The topological polar surface area (TPSA) is 47.3 Å². The molecule has 1 aromatic rings. The summed E-state index contributed by atoms with van der Waals surface area (Å²) in [6.07, 6.45) is 3.26. The molecule has 0 radical (unpaired) electrons. The Balaban J connectivity index is 2.27. The lowest BCUT2D eigenvalue weighted by molar-refractivity contribution is -0.0990. The molecule has 2 rings (SSSR count). The zero-order valence-electron chi connectivity index (χ0n) is 8.63. The molecule has 1 heterocycles. The Hall–Kier alpha value is -0.130. The van der Waals surface area contributed by atoms with Gasteiger partial charge in [-0.3, -0.25) is 5.84 Å². The maximum absolute atomic E-state index is 6.12. The Morgan fingerprint density at radius 3 is 2.73 bits per heavy atom. The van der Waals surface area contributed by atoms with Crippen molar-refractivity contribution in [3.63, 3.8) is 0 Å². The maximum Gasteiger partial charge on any atom is 0.0894 e. The van der Waals surface area contributed by atoms with E-state index in [1.54, 1.807) is 18.4 Å². The van der Waals surface area contributed by atoms with Crippen molar-refractivity contribution in [3.05, 3.63) is 21.3 Å². The monoisotopic (exact) mass is 246 g/mol. The summed E-state index contributed by atoms with van der Waals surface area (Å²) in [5, 5.41) is 2.75.